The Morgan fingerprint density at radius 1 is 0.929 bits per heavy atom. The standard InChI is InChI=1S/C22H29NO4Si/c1-17(21(24)26-15-18-11-7-5-8-12-18)23-22(25)27-16-20(28(2,3)4)19-13-9-6-10-14-19/h5-14,17,20H,15-16H2,1-4H3,(H,23,25)/t17-,20?/m0/s1. The number of nitrogens with one attached hydrogen (secondary N) is 1. The molecule has 0 bridgehead atoms. The molecule has 0 aliphatic rings. The Bertz CT molecular complexity index is 759. The van der Waals surface area contributed by atoms with E-state index in [9.17, 15) is 9.59 Å². The van der Waals surface area contributed by atoms with Crippen molar-refractivity contribution in [2.24, 2.45) is 0 Å². The van der Waals surface area contributed by atoms with Crippen LogP contribution >= 0.6 is 0 Å². The minimum Gasteiger partial charge on any atom is -0.459 e. The predicted octanol–water partition coefficient (Wildman–Crippen LogP) is 4.51. The van der Waals surface area contributed by atoms with Gasteiger partial charge in [-0.2, -0.15) is 0 Å². The zero-order chi connectivity index (χ0) is 20.6. The Kier molecular flexibility index (Phi) is 7.81. The molecule has 28 heavy (non-hydrogen) atoms. The van der Waals surface area contributed by atoms with Crippen LogP contribution in [-0.4, -0.2) is 32.8 Å². The fourth-order valence-corrected chi connectivity index (χ4v) is 4.60. The van der Waals surface area contributed by atoms with E-state index in [1.54, 1.807) is 6.92 Å². The molecule has 0 saturated heterocycles. The SMILES string of the molecule is C[C@H](NC(=O)OCC(c1ccccc1)[Si](C)(C)C)C(=O)OCc1ccccc1. The van der Waals surface area contributed by atoms with Crippen molar-refractivity contribution < 1.29 is 19.1 Å². The van der Waals surface area contributed by atoms with E-state index in [1.165, 1.54) is 5.56 Å². The molecule has 0 saturated carbocycles. The summed E-state index contributed by atoms with van der Waals surface area (Å²) in [5, 5.41) is 2.55. The quantitative estimate of drug-likeness (QED) is 0.524. The predicted molar refractivity (Wildman–Crippen MR) is 113 cm³/mol. The molecule has 0 aromatic heterocycles. The van der Waals surface area contributed by atoms with E-state index < -0.39 is 26.2 Å². The first-order valence-electron chi connectivity index (χ1n) is 9.46. The average Bonchev–Trinajstić information content (AvgIpc) is 2.66. The van der Waals surface area contributed by atoms with Gasteiger partial charge in [-0.05, 0) is 18.1 Å². The molecule has 150 valence electrons. The summed E-state index contributed by atoms with van der Waals surface area (Å²) in [7, 11) is -1.60. The van der Waals surface area contributed by atoms with Crippen molar-refractivity contribution in [2.75, 3.05) is 6.61 Å². The maximum absolute atomic E-state index is 12.2. The molecule has 2 aromatic carbocycles. The largest absolute Gasteiger partial charge is 0.459 e. The van der Waals surface area contributed by atoms with E-state index in [1.807, 2.05) is 48.5 Å². The number of rotatable bonds is 8. The van der Waals surface area contributed by atoms with Crippen LogP contribution in [0.2, 0.25) is 19.6 Å². The lowest BCUT2D eigenvalue weighted by Gasteiger charge is -2.29. The molecule has 0 aliphatic heterocycles. The van der Waals surface area contributed by atoms with Crippen LogP contribution in [0.4, 0.5) is 4.79 Å². The van der Waals surface area contributed by atoms with Crippen LogP contribution in [-0.2, 0) is 20.9 Å². The Labute approximate surface area is 168 Å². The molecule has 2 rings (SSSR count). The number of alkyl carbamates (subject to hydrolysis) is 1. The molecule has 0 aliphatic carbocycles. The molecule has 1 N–H and O–H groups in total. The highest BCUT2D eigenvalue weighted by Gasteiger charge is 2.29. The van der Waals surface area contributed by atoms with Crippen LogP contribution in [0.1, 0.15) is 23.6 Å². The summed E-state index contributed by atoms with van der Waals surface area (Å²) < 4.78 is 10.7. The summed E-state index contributed by atoms with van der Waals surface area (Å²) in [6, 6.07) is 18.7. The second-order valence-electron chi connectivity index (χ2n) is 7.89. The number of carbonyl (C=O) groups excluding carboxylic acids is 2. The summed E-state index contributed by atoms with van der Waals surface area (Å²) in [4.78, 5) is 24.3. The molecule has 0 spiro atoms. The van der Waals surface area contributed by atoms with Gasteiger partial charge in [0.15, 0.2) is 0 Å². The second-order valence-corrected chi connectivity index (χ2v) is 13.3. The summed E-state index contributed by atoms with van der Waals surface area (Å²) in [6.45, 7) is 8.78. The Hall–Kier alpha value is -2.60. The Balaban J connectivity index is 1.83. The van der Waals surface area contributed by atoms with Crippen molar-refractivity contribution in [3.63, 3.8) is 0 Å². The topological polar surface area (TPSA) is 64.6 Å². The summed E-state index contributed by atoms with van der Waals surface area (Å²) in [5.41, 5.74) is 2.25. The van der Waals surface area contributed by atoms with Gasteiger partial charge in [0.1, 0.15) is 12.6 Å². The van der Waals surface area contributed by atoms with E-state index in [0.29, 0.717) is 0 Å². The monoisotopic (exact) mass is 399 g/mol. The first-order valence-corrected chi connectivity index (χ1v) is 13.0. The van der Waals surface area contributed by atoms with Crippen molar-refractivity contribution >= 4 is 20.1 Å². The molecule has 1 amide bonds. The highest BCUT2D eigenvalue weighted by Crippen LogP contribution is 2.27. The number of benzene rings is 2. The highest BCUT2D eigenvalue weighted by molar-refractivity contribution is 6.77. The first kappa shape index (κ1) is 21.7. The third-order valence-corrected chi connectivity index (χ3v) is 7.13. The molecule has 0 fully saturated rings. The first-order chi connectivity index (χ1) is 13.3. The van der Waals surface area contributed by atoms with Gasteiger partial charge in [0.2, 0.25) is 0 Å². The molecular formula is C22H29NO4Si. The fourth-order valence-electron chi connectivity index (χ4n) is 2.82. The minimum atomic E-state index is -1.60. The van der Waals surface area contributed by atoms with Crippen LogP contribution in [0.15, 0.2) is 60.7 Å². The van der Waals surface area contributed by atoms with Crippen molar-refractivity contribution in [1.82, 2.24) is 5.32 Å². The highest BCUT2D eigenvalue weighted by atomic mass is 28.3. The Morgan fingerprint density at radius 3 is 2.07 bits per heavy atom. The zero-order valence-electron chi connectivity index (χ0n) is 17.0. The molecule has 6 heteroatoms. The van der Waals surface area contributed by atoms with E-state index in [4.69, 9.17) is 9.47 Å². The van der Waals surface area contributed by atoms with Crippen molar-refractivity contribution in [2.45, 2.75) is 44.8 Å². The summed E-state index contributed by atoms with van der Waals surface area (Å²) in [6.07, 6.45) is -0.608. The molecular weight excluding hydrogens is 370 g/mol. The Morgan fingerprint density at radius 2 is 1.50 bits per heavy atom. The van der Waals surface area contributed by atoms with Gasteiger partial charge in [0.05, 0.1) is 14.7 Å². The third kappa shape index (κ3) is 6.85. The van der Waals surface area contributed by atoms with Gasteiger partial charge in [-0.1, -0.05) is 80.3 Å². The van der Waals surface area contributed by atoms with Gasteiger partial charge in [-0.15, -0.1) is 0 Å². The van der Waals surface area contributed by atoms with Crippen molar-refractivity contribution in [1.29, 1.82) is 0 Å². The number of hydrogen-bond donors (Lipinski definition) is 1. The summed E-state index contributed by atoms with van der Waals surface area (Å²) >= 11 is 0. The van der Waals surface area contributed by atoms with Gasteiger partial charge < -0.3 is 14.8 Å². The van der Waals surface area contributed by atoms with Crippen LogP contribution in [0.5, 0.6) is 0 Å². The molecule has 2 aromatic rings. The van der Waals surface area contributed by atoms with Gasteiger partial charge in [0.25, 0.3) is 0 Å². The number of amides is 1. The lowest BCUT2D eigenvalue weighted by atomic mass is 10.1. The van der Waals surface area contributed by atoms with Crippen molar-refractivity contribution in [3.8, 4) is 0 Å². The number of ether oxygens (including phenoxy) is 2. The van der Waals surface area contributed by atoms with E-state index in [0.717, 1.165) is 5.56 Å². The van der Waals surface area contributed by atoms with E-state index in [2.05, 4.69) is 37.1 Å². The lowest BCUT2D eigenvalue weighted by molar-refractivity contribution is -0.146. The summed E-state index contributed by atoms with van der Waals surface area (Å²) in [5.74, 6) is -0.495. The number of carbonyl (C=O) groups is 2. The smallest absolute Gasteiger partial charge is 0.407 e. The molecule has 0 radical (unpaired) electrons. The molecule has 2 atom stereocenters. The van der Waals surface area contributed by atoms with Crippen LogP contribution < -0.4 is 5.32 Å². The maximum Gasteiger partial charge on any atom is 0.407 e. The number of hydrogen-bond acceptors (Lipinski definition) is 4. The van der Waals surface area contributed by atoms with Crippen LogP contribution in [0.3, 0.4) is 0 Å². The maximum atomic E-state index is 12.2. The fraction of sp³-hybridized carbons (Fsp3) is 0.364. The molecule has 5 nitrogen and oxygen atoms in total. The van der Waals surface area contributed by atoms with Crippen LogP contribution in [0, 0.1) is 0 Å². The second kappa shape index (κ2) is 10.1. The van der Waals surface area contributed by atoms with Gasteiger partial charge in [0, 0.05) is 5.54 Å². The third-order valence-electron chi connectivity index (χ3n) is 4.54. The van der Waals surface area contributed by atoms with Crippen molar-refractivity contribution in [3.05, 3.63) is 71.8 Å². The average molecular weight is 400 g/mol. The van der Waals surface area contributed by atoms with Gasteiger partial charge >= 0.3 is 12.1 Å². The normalized spacial score (nSPS) is 13.3. The van der Waals surface area contributed by atoms with Crippen LogP contribution in [0.25, 0.3) is 0 Å². The number of esters is 1. The molecule has 0 heterocycles. The van der Waals surface area contributed by atoms with Gasteiger partial charge in [-0.3, -0.25) is 0 Å². The van der Waals surface area contributed by atoms with Gasteiger partial charge in [-0.25, -0.2) is 9.59 Å². The van der Waals surface area contributed by atoms with E-state index >= 15 is 0 Å². The minimum absolute atomic E-state index is 0.173. The zero-order valence-corrected chi connectivity index (χ0v) is 18.0. The molecule has 1 unspecified atom stereocenters. The van der Waals surface area contributed by atoms with E-state index in [-0.39, 0.29) is 18.8 Å². The lowest BCUT2D eigenvalue weighted by Crippen LogP contribution is -2.41.